The normalized spacial score (nSPS) is 15.0. The lowest BCUT2D eigenvalue weighted by atomic mass is 9.85. The minimum Gasteiger partial charge on any atom is -0.380 e. The van der Waals surface area contributed by atoms with Crippen molar-refractivity contribution in [3.63, 3.8) is 0 Å². The molecule has 5 heteroatoms. The van der Waals surface area contributed by atoms with Crippen molar-refractivity contribution < 1.29 is 4.92 Å². The van der Waals surface area contributed by atoms with Crippen LogP contribution in [0.4, 0.5) is 11.4 Å². The molecule has 0 unspecified atom stereocenters. The standard InChI is InChI=1S/C16H25N3O2/c1-3-9-17-15-8-7-14(10-16(15)19(20)21)12-18(2)11-13-5-4-6-13/h7-8,10,13,17H,3-6,9,11-12H2,1-2H3. The van der Waals surface area contributed by atoms with Gasteiger partial charge in [-0.3, -0.25) is 10.1 Å². The van der Waals surface area contributed by atoms with Gasteiger partial charge in [0.1, 0.15) is 5.69 Å². The van der Waals surface area contributed by atoms with Crippen LogP contribution >= 0.6 is 0 Å². The lowest BCUT2D eigenvalue weighted by molar-refractivity contribution is -0.384. The van der Waals surface area contributed by atoms with Crippen LogP contribution in [0.2, 0.25) is 0 Å². The third-order valence-corrected chi connectivity index (χ3v) is 4.07. The molecule has 0 heterocycles. The Kier molecular flexibility index (Phi) is 5.56. The first-order valence-corrected chi connectivity index (χ1v) is 7.80. The maximum absolute atomic E-state index is 11.2. The molecule has 1 aliphatic rings. The zero-order chi connectivity index (χ0) is 15.2. The van der Waals surface area contributed by atoms with Gasteiger partial charge in [0.25, 0.3) is 5.69 Å². The molecule has 5 nitrogen and oxygen atoms in total. The summed E-state index contributed by atoms with van der Waals surface area (Å²) in [5.74, 6) is 0.815. The van der Waals surface area contributed by atoms with Gasteiger partial charge in [-0.1, -0.05) is 19.4 Å². The molecule has 0 aromatic heterocycles. The number of rotatable bonds is 8. The number of nitrogens with one attached hydrogen (secondary N) is 1. The van der Waals surface area contributed by atoms with Crippen molar-refractivity contribution in [3.8, 4) is 0 Å². The molecule has 0 radical (unpaired) electrons. The molecule has 1 N–H and O–H groups in total. The maximum atomic E-state index is 11.2. The summed E-state index contributed by atoms with van der Waals surface area (Å²) in [4.78, 5) is 13.2. The van der Waals surface area contributed by atoms with Crippen LogP contribution in [0.25, 0.3) is 0 Å². The first-order chi connectivity index (χ1) is 10.1. The predicted octanol–water partition coefficient (Wildman–Crippen LogP) is 3.65. The average Bonchev–Trinajstić information content (AvgIpc) is 2.41. The first kappa shape index (κ1) is 15.8. The summed E-state index contributed by atoms with van der Waals surface area (Å²) >= 11 is 0. The molecule has 116 valence electrons. The van der Waals surface area contributed by atoms with E-state index in [9.17, 15) is 10.1 Å². The Morgan fingerprint density at radius 2 is 2.19 bits per heavy atom. The van der Waals surface area contributed by atoms with Crippen LogP contribution in [0, 0.1) is 16.0 Å². The molecule has 0 aliphatic heterocycles. The summed E-state index contributed by atoms with van der Waals surface area (Å²) in [5.41, 5.74) is 1.80. The van der Waals surface area contributed by atoms with Crippen LogP contribution in [0.5, 0.6) is 0 Å². The molecule has 0 saturated heterocycles. The zero-order valence-electron chi connectivity index (χ0n) is 13.0. The topological polar surface area (TPSA) is 58.4 Å². The molecule has 0 spiro atoms. The van der Waals surface area contributed by atoms with E-state index in [2.05, 4.69) is 17.3 Å². The molecule has 1 aliphatic carbocycles. The van der Waals surface area contributed by atoms with Crippen LogP contribution in [0.1, 0.15) is 38.2 Å². The van der Waals surface area contributed by atoms with Crippen LogP contribution in [0.15, 0.2) is 18.2 Å². The minimum atomic E-state index is -0.298. The van der Waals surface area contributed by atoms with E-state index in [1.165, 1.54) is 19.3 Å². The maximum Gasteiger partial charge on any atom is 0.292 e. The van der Waals surface area contributed by atoms with Crippen molar-refractivity contribution in [3.05, 3.63) is 33.9 Å². The molecule has 0 atom stereocenters. The van der Waals surface area contributed by atoms with E-state index >= 15 is 0 Å². The Hall–Kier alpha value is -1.62. The quantitative estimate of drug-likeness (QED) is 0.586. The van der Waals surface area contributed by atoms with Crippen LogP contribution in [-0.4, -0.2) is 30.0 Å². The van der Waals surface area contributed by atoms with E-state index in [-0.39, 0.29) is 10.6 Å². The summed E-state index contributed by atoms with van der Waals surface area (Å²) < 4.78 is 0. The summed E-state index contributed by atoms with van der Waals surface area (Å²) in [6, 6.07) is 5.53. The third kappa shape index (κ3) is 4.43. The molecule has 0 amide bonds. The summed E-state index contributed by atoms with van der Waals surface area (Å²) in [6.45, 7) is 4.65. The van der Waals surface area contributed by atoms with Gasteiger partial charge >= 0.3 is 0 Å². The van der Waals surface area contributed by atoms with E-state index < -0.39 is 0 Å². The van der Waals surface area contributed by atoms with Crippen molar-refractivity contribution in [1.29, 1.82) is 0 Å². The van der Waals surface area contributed by atoms with Gasteiger partial charge in [0.05, 0.1) is 4.92 Å². The van der Waals surface area contributed by atoms with Crippen molar-refractivity contribution >= 4 is 11.4 Å². The molecule has 2 rings (SSSR count). The molecule has 21 heavy (non-hydrogen) atoms. The van der Waals surface area contributed by atoms with Gasteiger partial charge < -0.3 is 10.2 Å². The highest BCUT2D eigenvalue weighted by Gasteiger charge is 2.20. The summed E-state index contributed by atoms with van der Waals surface area (Å²) in [5, 5.41) is 14.3. The van der Waals surface area contributed by atoms with Crippen LogP contribution in [-0.2, 0) is 6.54 Å². The Bertz CT molecular complexity index is 486. The second-order valence-corrected chi connectivity index (χ2v) is 6.03. The Morgan fingerprint density at radius 1 is 1.43 bits per heavy atom. The van der Waals surface area contributed by atoms with Gasteiger partial charge in [-0.15, -0.1) is 0 Å². The monoisotopic (exact) mass is 291 g/mol. The van der Waals surface area contributed by atoms with Gasteiger partial charge in [-0.05, 0) is 43.9 Å². The number of nitrogens with zero attached hydrogens (tertiary/aromatic N) is 2. The van der Waals surface area contributed by atoms with E-state index in [0.29, 0.717) is 5.69 Å². The Balaban J connectivity index is 2.02. The SMILES string of the molecule is CCCNc1ccc(CN(C)CC2CCC2)cc1[N+](=O)[O-]. The lowest BCUT2D eigenvalue weighted by Gasteiger charge is -2.30. The van der Waals surface area contributed by atoms with E-state index in [0.717, 1.165) is 37.5 Å². The summed E-state index contributed by atoms with van der Waals surface area (Å²) in [7, 11) is 2.09. The van der Waals surface area contributed by atoms with Gasteiger partial charge in [-0.25, -0.2) is 0 Å². The second-order valence-electron chi connectivity index (χ2n) is 6.03. The molecule has 1 aromatic carbocycles. The molecule has 1 aromatic rings. The number of benzene rings is 1. The minimum absolute atomic E-state index is 0.179. The number of nitro groups is 1. The van der Waals surface area contributed by atoms with Gasteiger partial charge in [0.2, 0.25) is 0 Å². The molecule has 1 saturated carbocycles. The Labute approximate surface area is 126 Å². The number of hydrogen-bond acceptors (Lipinski definition) is 4. The fraction of sp³-hybridized carbons (Fsp3) is 0.625. The lowest BCUT2D eigenvalue weighted by Crippen LogP contribution is -2.29. The van der Waals surface area contributed by atoms with E-state index in [4.69, 9.17) is 0 Å². The van der Waals surface area contributed by atoms with E-state index in [1.54, 1.807) is 6.07 Å². The highest BCUT2D eigenvalue weighted by atomic mass is 16.6. The van der Waals surface area contributed by atoms with Crippen LogP contribution < -0.4 is 5.32 Å². The number of nitro benzene ring substituents is 1. The second kappa shape index (κ2) is 7.41. The molecular formula is C16H25N3O2. The largest absolute Gasteiger partial charge is 0.380 e. The molecule has 0 bridgehead atoms. The fourth-order valence-electron chi connectivity index (χ4n) is 2.73. The van der Waals surface area contributed by atoms with Gasteiger partial charge in [0, 0.05) is 25.7 Å². The van der Waals surface area contributed by atoms with E-state index in [1.807, 2.05) is 19.1 Å². The smallest absolute Gasteiger partial charge is 0.292 e. The fourth-order valence-corrected chi connectivity index (χ4v) is 2.73. The highest BCUT2D eigenvalue weighted by Crippen LogP contribution is 2.28. The van der Waals surface area contributed by atoms with Gasteiger partial charge in [0.15, 0.2) is 0 Å². The van der Waals surface area contributed by atoms with Crippen molar-refractivity contribution in [1.82, 2.24) is 4.90 Å². The van der Waals surface area contributed by atoms with Crippen LogP contribution in [0.3, 0.4) is 0 Å². The predicted molar refractivity (Wildman–Crippen MR) is 85.6 cm³/mol. The molecule has 1 fully saturated rings. The molecular weight excluding hydrogens is 266 g/mol. The number of anilines is 1. The average molecular weight is 291 g/mol. The van der Waals surface area contributed by atoms with Crippen molar-refractivity contribution in [2.24, 2.45) is 5.92 Å². The third-order valence-electron chi connectivity index (χ3n) is 4.07. The number of hydrogen-bond donors (Lipinski definition) is 1. The summed E-state index contributed by atoms with van der Waals surface area (Å²) in [6.07, 6.45) is 4.94. The van der Waals surface area contributed by atoms with Gasteiger partial charge in [-0.2, -0.15) is 0 Å². The van der Waals surface area contributed by atoms with Crippen molar-refractivity contribution in [2.75, 3.05) is 25.5 Å². The van der Waals surface area contributed by atoms with Crippen molar-refractivity contribution in [2.45, 2.75) is 39.2 Å². The zero-order valence-corrected chi connectivity index (χ0v) is 13.0. The highest BCUT2D eigenvalue weighted by molar-refractivity contribution is 5.62. The first-order valence-electron chi connectivity index (χ1n) is 7.80. The Morgan fingerprint density at radius 3 is 2.76 bits per heavy atom.